The number of H-pyrrole nitrogens is 2. The van der Waals surface area contributed by atoms with Gasteiger partial charge in [-0.25, -0.2) is 9.78 Å². The molecule has 7 nitrogen and oxygen atoms in total. The Morgan fingerprint density at radius 3 is 2.77 bits per heavy atom. The van der Waals surface area contributed by atoms with Crippen molar-refractivity contribution < 1.29 is 14.3 Å². The number of Topliss-reactive ketones (excluding diaryl/α,β-unsaturated/α-hetero) is 1. The number of methoxy groups -OCH3 is 1. The molecule has 3 aromatic rings. The van der Waals surface area contributed by atoms with Crippen molar-refractivity contribution in [1.82, 2.24) is 20.2 Å². The maximum absolute atomic E-state index is 12.8. The standard InChI is InChI=1S/C17H18N4O3S2/c1-8-12(16(23)24-4)9(2)18-13(8)14(22)10(3)26-17-19-15(20-21-17)11-6-5-7-25-11/h5-7,10,18H,1-4H3,(H,19,20,21). The molecule has 0 bridgehead atoms. The van der Waals surface area contributed by atoms with Gasteiger partial charge in [0.05, 0.1) is 28.5 Å². The van der Waals surface area contributed by atoms with E-state index in [-0.39, 0.29) is 5.78 Å². The summed E-state index contributed by atoms with van der Waals surface area (Å²) in [6.07, 6.45) is 0. The summed E-state index contributed by atoms with van der Waals surface area (Å²) in [5, 5.41) is 9.11. The highest BCUT2D eigenvalue weighted by molar-refractivity contribution is 8.00. The monoisotopic (exact) mass is 390 g/mol. The quantitative estimate of drug-likeness (QED) is 0.379. The first-order valence-electron chi connectivity index (χ1n) is 7.87. The molecule has 0 radical (unpaired) electrons. The number of nitrogens with zero attached hydrogens (tertiary/aromatic N) is 2. The first kappa shape index (κ1) is 18.4. The fraction of sp³-hybridized carbons (Fsp3) is 0.294. The molecule has 9 heteroatoms. The molecule has 3 aromatic heterocycles. The van der Waals surface area contributed by atoms with Gasteiger partial charge in [0, 0.05) is 5.69 Å². The van der Waals surface area contributed by atoms with E-state index in [2.05, 4.69) is 20.2 Å². The van der Waals surface area contributed by atoms with E-state index in [1.807, 2.05) is 17.5 Å². The van der Waals surface area contributed by atoms with Crippen LogP contribution in [0.5, 0.6) is 0 Å². The zero-order chi connectivity index (χ0) is 18.8. The molecular weight excluding hydrogens is 372 g/mol. The van der Waals surface area contributed by atoms with Gasteiger partial charge in [0.25, 0.3) is 0 Å². The van der Waals surface area contributed by atoms with E-state index in [4.69, 9.17) is 4.74 Å². The Morgan fingerprint density at radius 1 is 1.35 bits per heavy atom. The third kappa shape index (κ3) is 3.45. The Balaban J connectivity index is 1.77. The molecule has 0 fully saturated rings. The number of ether oxygens (including phenoxy) is 1. The average molecular weight is 390 g/mol. The lowest BCUT2D eigenvalue weighted by molar-refractivity contribution is 0.0599. The molecule has 0 aliphatic carbocycles. The second-order valence-corrected chi connectivity index (χ2v) is 7.94. The number of hydrogen-bond acceptors (Lipinski definition) is 7. The predicted octanol–water partition coefficient (Wildman–Crippen LogP) is 3.63. The van der Waals surface area contributed by atoms with Gasteiger partial charge >= 0.3 is 5.97 Å². The van der Waals surface area contributed by atoms with Crippen molar-refractivity contribution in [2.45, 2.75) is 31.2 Å². The number of aryl methyl sites for hydroxylation is 1. The fourth-order valence-corrected chi connectivity index (χ4v) is 4.09. The van der Waals surface area contributed by atoms with Crippen molar-refractivity contribution in [1.29, 1.82) is 0 Å². The zero-order valence-electron chi connectivity index (χ0n) is 14.7. The number of ketones is 1. The van der Waals surface area contributed by atoms with Crippen LogP contribution in [0.2, 0.25) is 0 Å². The summed E-state index contributed by atoms with van der Waals surface area (Å²) in [6.45, 7) is 5.28. The van der Waals surface area contributed by atoms with E-state index >= 15 is 0 Å². The van der Waals surface area contributed by atoms with E-state index in [1.165, 1.54) is 18.9 Å². The summed E-state index contributed by atoms with van der Waals surface area (Å²) in [4.78, 5) is 33.1. The van der Waals surface area contributed by atoms with Crippen LogP contribution in [-0.4, -0.2) is 44.3 Å². The molecule has 26 heavy (non-hydrogen) atoms. The minimum atomic E-state index is -0.454. The van der Waals surface area contributed by atoms with Crippen LogP contribution in [0, 0.1) is 13.8 Å². The smallest absolute Gasteiger partial charge is 0.339 e. The number of aromatic nitrogens is 4. The maximum atomic E-state index is 12.8. The zero-order valence-corrected chi connectivity index (χ0v) is 16.4. The Morgan fingerprint density at radius 2 is 2.12 bits per heavy atom. The fourth-order valence-electron chi connectivity index (χ4n) is 2.64. The van der Waals surface area contributed by atoms with E-state index < -0.39 is 11.2 Å². The van der Waals surface area contributed by atoms with Crippen molar-refractivity contribution in [3.63, 3.8) is 0 Å². The normalized spacial score (nSPS) is 12.2. The van der Waals surface area contributed by atoms with Crippen molar-refractivity contribution in [3.8, 4) is 10.7 Å². The van der Waals surface area contributed by atoms with Crippen LogP contribution in [0.15, 0.2) is 22.7 Å². The molecule has 3 heterocycles. The van der Waals surface area contributed by atoms with Gasteiger partial charge in [0.1, 0.15) is 0 Å². The molecule has 1 atom stereocenters. The molecule has 3 rings (SSSR count). The predicted molar refractivity (Wildman–Crippen MR) is 101 cm³/mol. The first-order chi connectivity index (χ1) is 12.4. The molecule has 1 unspecified atom stereocenters. The second kappa shape index (κ2) is 7.46. The van der Waals surface area contributed by atoms with E-state index in [0.29, 0.717) is 33.5 Å². The molecule has 2 N–H and O–H groups in total. The summed E-state index contributed by atoms with van der Waals surface area (Å²) in [7, 11) is 1.32. The second-order valence-electron chi connectivity index (χ2n) is 5.68. The van der Waals surface area contributed by atoms with Gasteiger partial charge in [-0.15, -0.1) is 16.4 Å². The van der Waals surface area contributed by atoms with Crippen molar-refractivity contribution in [3.05, 3.63) is 40.0 Å². The van der Waals surface area contributed by atoms with Crippen LogP contribution < -0.4 is 0 Å². The number of nitrogens with one attached hydrogen (secondary N) is 2. The Kier molecular flexibility index (Phi) is 5.28. The first-order valence-corrected chi connectivity index (χ1v) is 9.63. The summed E-state index contributed by atoms with van der Waals surface area (Å²) >= 11 is 2.83. The number of thioether (sulfide) groups is 1. The van der Waals surface area contributed by atoms with Crippen LogP contribution in [0.3, 0.4) is 0 Å². The lowest BCUT2D eigenvalue weighted by Crippen LogP contribution is -2.15. The highest BCUT2D eigenvalue weighted by Gasteiger charge is 2.26. The van der Waals surface area contributed by atoms with Gasteiger partial charge in [0.15, 0.2) is 11.6 Å². The number of rotatable bonds is 6. The summed E-state index contributed by atoms with van der Waals surface area (Å²) < 4.78 is 4.79. The molecule has 0 spiro atoms. The van der Waals surface area contributed by atoms with Crippen molar-refractivity contribution in [2.75, 3.05) is 7.11 Å². The minimum Gasteiger partial charge on any atom is -0.465 e. The number of esters is 1. The van der Waals surface area contributed by atoms with Gasteiger partial charge in [-0.05, 0) is 37.8 Å². The lowest BCUT2D eigenvalue weighted by Gasteiger charge is -2.07. The maximum Gasteiger partial charge on any atom is 0.339 e. The molecule has 0 saturated carbocycles. The van der Waals surface area contributed by atoms with Crippen LogP contribution in [0.4, 0.5) is 0 Å². The third-order valence-electron chi connectivity index (χ3n) is 3.94. The highest BCUT2D eigenvalue weighted by atomic mass is 32.2. The molecule has 0 aliphatic rings. The Hall–Kier alpha value is -2.39. The van der Waals surface area contributed by atoms with Gasteiger partial charge in [-0.3, -0.25) is 9.89 Å². The van der Waals surface area contributed by atoms with Crippen LogP contribution in [-0.2, 0) is 4.74 Å². The summed E-state index contributed by atoms with van der Waals surface area (Å²) in [5.41, 5.74) is 2.04. The SMILES string of the molecule is COC(=O)c1c(C)[nH]c(C(=O)C(C)Sc2n[nH]c(-c3cccs3)n2)c1C. The molecule has 0 saturated heterocycles. The Bertz CT molecular complexity index is 944. The third-order valence-corrected chi connectivity index (χ3v) is 5.78. The number of aromatic amines is 2. The van der Waals surface area contributed by atoms with Crippen molar-refractivity contribution >= 4 is 34.9 Å². The minimum absolute atomic E-state index is 0.117. The topological polar surface area (TPSA) is 101 Å². The molecule has 0 aromatic carbocycles. The van der Waals surface area contributed by atoms with Gasteiger partial charge in [-0.1, -0.05) is 17.8 Å². The van der Waals surface area contributed by atoms with E-state index in [0.717, 1.165) is 4.88 Å². The molecular formula is C17H18N4O3S2. The van der Waals surface area contributed by atoms with Crippen LogP contribution >= 0.6 is 23.1 Å². The number of thiophene rings is 1. The van der Waals surface area contributed by atoms with Crippen molar-refractivity contribution in [2.24, 2.45) is 0 Å². The summed E-state index contributed by atoms with van der Waals surface area (Å²) in [5.74, 6) is 0.111. The average Bonchev–Trinajstić information content (AvgIpc) is 3.34. The van der Waals surface area contributed by atoms with E-state index in [1.54, 1.807) is 32.1 Å². The lowest BCUT2D eigenvalue weighted by atomic mass is 10.1. The molecule has 0 amide bonds. The Labute approximate surface area is 158 Å². The van der Waals surface area contributed by atoms with E-state index in [9.17, 15) is 9.59 Å². The number of carbonyl (C=O) groups excluding carboxylic acids is 2. The van der Waals surface area contributed by atoms with Crippen LogP contribution in [0.1, 0.15) is 39.0 Å². The van der Waals surface area contributed by atoms with Gasteiger partial charge < -0.3 is 9.72 Å². The number of carbonyl (C=O) groups is 2. The molecule has 0 aliphatic heterocycles. The van der Waals surface area contributed by atoms with Gasteiger partial charge in [0.2, 0.25) is 5.16 Å². The summed E-state index contributed by atoms with van der Waals surface area (Å²) in [6, 6.07) is 3.89. The number of hydrogen-bond donors (Lipinski definition) is 2. The largest absolute Gasteiger partial charge is 0.465 e. The van der Waals surface area contributed by atoms with Gasteiger partial charge in [-0.2, -0.15) is 0 Å². The molecule has 136 valence electrons. The highest BCUT2D eigenvalue weighted by Crippen LogP contribution is 2.28. The van der Waals surface area contributed by atoms with Crippen LogP contribution in [0.25, 0.3) is 10.7 Å².